The number of nitrogens with two attached hydrogens (primary N) is 1. The Bertz CT molecular complexity index is 1640. The van der Waals surface area contributed by atoms with Crippen molar-refractivity contribution in [3.05, 3.63) is 48.8 Å². The number of imidazole rings is 1. The minimum atomic E-state index is -4.63. The zero-order valence-electron chi connectivity index (χ0n) is 26.3. The topological polar surface area (TPSA) is 182 Å². The van der Waals surface area contributed by atoms with Crippen LogP contribution in [0.3, 0.4) is 0 Å². The van der Waals surface area contributed by atoms with Crippen LogP contribution < -0.4 is 20.1 Å². The third-order valence-electron chi connectivity index (χ3n) is 8.01. The Balaban J connectivity index is 1.42. The Hall–Kier alpha value is -3.69. The molecule has 3 aromatic rings. The molecule has 2 aromatic heterocycles. The highest BCUT2D eigenvalue weighted by Crippen LogP contribution is 2.54. The van der Waals surface area contributed by atoms with Gasteiger partial charge in [0.2, 0.25) is 17.5 Å². The minimum Gasteiger partial charge on any atom is -0.476 e. The van der Waals surface area contributed by atoms with E-state index in [4.69, 9.17) is 29.0 Å². The Labute approximate surface area is 270 Å². The molecule has 2 fully saturated rings. The van der Waals surface area contributed by atoms with Crippen molar-refractivity contribution in [1.29, 1.82) is 0 Å². The Morgan fingerprint density at radius 2 is 1.96 bits per heavy atom. The predicted molar refractivity (Wildman–Crippen MR) is 166 cm³/mol. The number of alkyl halides is 2. The van der Waals surface area contributed by atoms with Crippen molar-refractivity contribution in [2.24, 2.45) is 0 Å². The molecule has 17 heteroatoms. The minimum absolute atomic E-state index is 0.00290. The Kier molecular flexibility index (Phi) is 10.2. The standard InChI is InChI=1S/C30H39F2N6O8P/c1-5-42-24-22-23(35-28(33)36-24)38(17-34-22)27-30(32,18(2)3)26(40)29(31,45-27)16-43-47(41,46-21-14-10-7-11-15-21)37-19(4)25(39)44-20-12-8-6-9-13-20/h7,10-11,14-15,17,19-20,26-27,40H,2,5-6,8-9,12-13,16H2,1,3-4H3,(H,37,41)(H2,33,35,36)/t19-,26+,27+,29+,30+,47?/m0/s1. The molecule has 5 rings (SSSR count). The third-order valence-corrected chi connectivity index (χ3v) is 9.63. The predicted octanol–water partition coefficient (Wildman–Crippen LogP) is 4.70. The SMILES string of the molecule is C=C(C)[C@]1(F)[C@H](n2cnc3c(OCC)nc(N)nc32)O[C@](F)(COP(=O)(N[C@@H](C)C(=O)OC2CCCCC2)Oc2ccccc2)[C@H]1O. The molecule has 1 saturated carbocycles. The molecular formula is C30H39F2N6O8P. The summed E-state index contributed by atoms with van der Waals surface area (Å²) < 4.78 is 76.2. The lowest BCUT2D eigenvalue weighted by atomic mass is 9.88. The average Bonchev–Trinajstić information content (AvgIpc) is 3.54. The maximum atomic E-state index is 16.8. The molecule has 1 saturated heterocycles. The molecule has 2 aliphatic rings. The zero-order valence-corrected chi connectivity index (χ0v) is 27.2. The lowest BCUT2D eigenvalue weighted by Crippen LogP contribution is -2.49. The van der Waals surface area contributed by atoms with E-state index in [0.29, 0.717) is 12.8 Å². The number of aliphatic hydroxyl groups excluding tert-OH is 1. The van der Waals surface area contributed by atoms with Crippen LogP contribution in [0.4, 0.5) is 14.7 Å². The van der Waals surface area contributed by atoms with Crippen LogP contribution in [0.25, 0.3) is 11.2 Å². The van der Waals surface area contributed by atoms with Crippen LogP contribution in [-0.4, -0.2) is 73.6 Å². The van der Waals surface area contributed by atoms with Crippen molar-refractivity contribution in [2.75, 3.05) is 18.9 Å². The van der Waals surface area contributed by atoms with Crippen LogP contribution in [-0.2, 0) is 23.4 Å². The van der Waals surface area contributed by atoms with Gasteiger partial charge in [-0.3, -0.25) is 13.9 Å². The number of halogens is 2. The van der Waals surface area contributed by atoms with E-state index < -0.39 is 50.2 Å². The molecule has 0 bridgehead atoms. The van der Waals surface area contributed by atoms with Crippen LogP contribution in [0.5, 0.6) is 11.6 Å². The molecule has 0 spiro atoms. The number of benzene rings is 1. The van der Waals surface area contributed by atoms with E-state index in [0.717, 1.165) is 30.2 Å². The van der Waals surface area contributed by atoms with E-state index in [9.17, 15) is 14.5 Å². The van der Waals surface area contributed by atoms with Gasteiger partial charge < -0.3 is 29.6 Å². The first-order chi connectivity index (χ1) is 22.3. The maximum absolute atomic E-state index is 16.8. The molecule has 0 radical (unpaired) electrons. The molecule has 1 aliphatic heterocycles. The molecule has 6 atom stereocenters. The van der Waals surface area contributed by atoms with Crippen molar-refractivity contribution < 1.29 is 46.5 Å². The first-order valence-electron chi connectivity index (χ1n) is 15.3. The number of hydrogen-bond acceptors (Lipinski definition) is 12. The van der Waals surface area contributed by atoms with Gasteiger partial charge in [0, 0.05) is 0 Å². The molecule has 1 aliphatic carbocycles. The highest BCUT2D eigenvalue weighted by atomic mass is 31.2. The number of carbonyl (C=O) groups is 1. The number of aromatic nitrogens is 4. The van der Waals surface area contributed by atoms with Gasteiger partial charge in [-0.25, -0.2) is 18.3 Å². The third kappa shape index (κ3) is 7.11. The van der Waals surface area contributed by atoms with Crippen LogP contribution in [0.2, 0.25) is 0 Å². The lowest BCUT2D eigenvalue weighted by molar-refractivity contribution is -0.202. The highest BCUT2D eigenvalue weighted by molar-refractivity contribution is 7.52. The summed E-state index contributed by atoms with van der Waals surface area (Å²) in [7, 11) is -4.63. The molecular weight excluding hydrogens is 641 g/mol. The largest absolute Gasteiger partial charge is 0.476 e. The average molecular weight is 681 g/mol. The van der Waals surface area contributed by atoms with E-state index in [1.807, 2.05) is 0 Å². The van der Waals surface area contributed by atoms with Crippen molar-refractivity contribution >= 4 is 30.8 Å². The molecule has 47 heavy (non-hydrogen) atoms. The number of fused-ring (bicyclic) bond motifs is 1. The summed E-state index contributed by atoms with van der Waals surface area (Å²) in [5, 5.41) is 13.6. The summed E-state index contributed by atoms with van der Waals surface area (Å²) in [5.74, 6) is -4.22. The molecule has 1 unspecified atom stereocenters. The maximum Gasteiger partial charge on any atom is 0.459 e. The van der Waals surface area contributed by atoms with Gasteiger partial charge in [-0.15, -0.1) is 0 Å². The number of nitrogens with zero attached hydrogens (tertiary/aromatic N) is 4. The van der Waals surface area contributed by atoms with Crippen molar-refractivity contribution in [3.8, 4) is 11.6 Å². The van der Waals surface area contributed by atoms with Gasteiger partial charge >= 0.3 is 13.7 Å². The second-order valence-corrected chi connectivity index (χ2v) is 13.3. The van der Waals surface area contributed by atoms with E-state index in [1.165, 1.54) is 26.0 Å². The number of para-hydroxylation sites is 1. The van der Waals surface area contributed by atoms with E-state index in [2.05, 4.69) is 26.6 Å². The molecule has 14 nitrogen and oxygen atoms in total. The number of nitrogen functional groups attached to an aromatic ring is 1. The fraction of sp³-hybridized carbons (Fsp3) is 0.533. The van der Waals surface area contributed by atoms with Crippen molar-refractivity contribution in [1.82, 2.24) is 24.6 Å². The van der Waals surface area contributed by atoms with Crippen molar-refractivity contribution in [3.63, 3.8) is 0 Å². The van der Waals surface area contributed by atoms with Crippen LogP contribution in [0, 0.1) is 0 Å². The summed E-state index contributed by atoms with van der Waals surface area (Å²) in [6, 6.07) is 6.59. The lowest BCUT2D eigenvalue weighted by Gasteiger charge is -2.30. The van der Waals surface area contributed by atoms with Gasteiger partial charge in [-0.05, 0) is 64.2 Å². The second-order valence-electron chi connectivity index (χ2n) is 11.6. The quantitative estimate of drug-likeness (QED) is 0.128. The summed E-state index contributed by atoms with van der Waals surface area (Å²) in [4.78, 5) is 25.2. The summed E-state index contributed by atoms with van der Waals surface area (Å²) in [6.45, 7) is 6.85. The number of hydrogen-bond donors (Lipinski definition) is 3. The Morgan fingerprint density at radius 1 is 1.26 bits per heavy atom. The normalized spacial score (nSPS) is 26.9. The molecule has 3 heterocycles. The number of carbonyl (C=O) groups excluding carboxylic acids is 1. The smallest absolute Gasteiger partial charge is 0.459 e. The Morgan fingerprint density at radius 3 is 2.62 bits per heavy atom. The first kappa shape index (κ1) is 34.6. The first-order valence-corrected chi connectivity index (χ1v) is 16.8. The molecule has 1 aromatic carbocycles. The van der Waals surface area contributed by atoms with Gasteiger partial charge in [0.05, 0.1) is 12.9 Å². The molecule has 4 N–H and O–H groups in total. The van der Waals surface area contributed by atoms with Gasteiger partial charge in [0.15, 0.2) is 23.5 Å². The van der Waals surface area contributed by atoms with E-state index in [1.54, 1.807) is 25.1 Å². The molecule has 256 valence electrons. The second kappa shape index (κ2) is 13.8. The van der Waals surface area contributed by atoms with Gasteiger partial charge in [-0.1, -0.05) is 31.2 Å². The van der Waals surface area contributed by atoms with Gasteiger partial charge in [0.1, 0.15) is 24.5 Å². The number of esters is 1. The van der Waals surface area contributed by atoms with Crippen LogP contribution >= 0.6 is 7.75 Å². The van der Waals surface area contributed by atoms with Gasteiger partial charge in [-0.2, -0.15) is 15.1 Å². The number of aliphatic hydroxyl groups is 1. The monoisotopic (exact) mass is 680 g/mol. The number of anilines is 1. The van der Waals surface area contributed by atoms with Gasteiger partial charge in [0.25, 0.3) is 5.85 Å². The number of ether oxygens (including phenoxy) is 3. The van der Waals surface area contributed by atoms with Crippen LogP contribution in [0.1, 0.15) is 59.1 Å². The van der Waals surface area contributed by atoms with Crippen LogP contribution in [0.15, 0.2) is 48.8 Å². The highest BCUT2D eigenvalue weighted by Gasteiger charge is 2.68. The number of rotatable bonds is 13. The van der Waals surface area contributed by atoms with Crippen molar-refractivity contribution in [2.45, 2.75) is 88.9 Å². The fourth-order valence-corrected chi connectivity index (χ4v) is 7.04. The summed E-state index contributed by atoms with van der Waals surface area (Å²) in [5.41, 5.74) is 2.56. The fourth-order valence-electron chi connectivity index (χ4n) is 5.54. The number of nitrogens with one attached hydrogen (secondary N) is 1. The zero-order chi connectivity index (χ0) is 34.0. The molecule has 0 amide bonds. The summed E-state index contributed by atoms with van der Waals surface area (Å²) >= 11 is 0. The van der Waals surface area contributed by atoms with E-state index in [-0.39, 0.29) is 47.0 Å². The van der Waals surface area contributed by atoms with E-state index >= 15 is 8.78 Å². The summed E-state index contributed by atoms with van der Waals surface area (Å²) in [6.07, 6.45) is 0.629.